The van der Waals surface area contributed by atoms with Crippen LogP contribution >= 0.6 is 50.4 Å². The Labute approximate surface area is 150 Å². The summed E-state index contributed by atoms with van der Waals surface area (Å²) in [7, 11) is 0. The van der Waals surface area contributed by atoms with Crippen molar-refractivity contribution in [1.29, 1.82) is 0 Å². The van der Waals surface area contributed by atoms with Crippen molar-refractivity contribution >= 4 is 55.5 Å². The number of hydrogen-bond donors (Lipinski definition) is 1. The Kier molecular flexibility index (Phi) is 5.89. The van der Waals surface area contributed by atoms with Gasteiger partial charge in [-0.05, 0) is 35.6 Å². The fourth-order valence-electron chi connectivity index (χ4n) is 1.86. The summed E-state index contributed by atoms with van der Waals surface area (Å²) in [6, 6.07) is 12.6. The lowest BCUT2D eigenvalue weighted by Crippen LogP contribution is -2.03. The molecule has 1 N–H and O–H groups in total. The minimum Gasteiger partial charge on any atom is -0.360 e. The summed E-state index contributed by atoms with van der Waals surface area (Å²) in [4.78, 5) is 1.39. The number of thioether (sulfide) groups is 1. The van der Waals surface area contributed by atoms with E-state index in [2.05, 4.69) is 67.2 Å². The van der Waals surface area contributed by atoms with Gasteiger partial charge in [0.05, 0.1) is 0 Å². The van der Waals surface area contributed by atoms with Gasteiger partial charge in [-0.3, -0.25) is 0 Å². The zero-order valence-corrected chi connectivity index (χ0v) is 15.7. The van der Waals surface area contributed by atoms with Crippen LogP contribution in [0.4, 0.5) is 5.13 Å². The van der Waals surface area contributed by atoms with Crippen LogP contribution in [0.3, 0.4) is 0 Å². The largest absolute Gasteiger partial charge is 0.360 e. The van der Waals surface area contributed by atoms with Crippen molar-refractivity contribution in [2.24, 2.45) is 0 Å². The first kappa shape index (κ1) is 16.0. The second-order valence-corrected chi connectivity index (χ2v) is 8.70. The molecule has 1 aromatic carbocycles. The fourth-order valence-corrected chi connectivity index (χ4v) is 4.73. The maximum atomic E-state index is 4.23. The van der Waals surface area contributed by atoms with Crippen molar-refractivity contribution in [3.05, 3.63) is 56.7 Å². The second-order valence-electron chi connectivity index (χ2n) is 4.55. The molecule has 3 aromatic rings. The highest BCUT2D eigenvalue weighted by Crippen LogP contribution is 2.28. The van der Waals surface area contributed by atoms with Crippen LogP contribution in [0.1, 0.15) is 10.4 Å². The number of halogens is 1. The Morgan fingerprint density at radius 2 is 2.14 bits per heavy atom. The van der Waals surface area contributed by atoms with Crippen LogP contribution in [-0.2, 0) is 12.2 Å². The van der Waals surface area contributed by atoms with Crippen LogP contribution < -0.4 is 5.32 Å². The Hall–Kier alpha value is -0.890. The molecule has 0 aliphatic rings. The maximum absolute atomic E-state index is 4.23. The molecule has 0 aliphatic carbocycles. The van der Waals surface area contributed by atoms with E-state index in [1.807, 2.05) is 6.07 Å². The number of thiophene rings is 1. The molecule has 3 nitrogen and oxygen atoms in total. The second kappa shape index (κ2) is 8.10. The number of nitrogens with zero attached hydrogens (tertiary/aromatic N) is 2. The van der Waals surface area contributed by atoms with Gasteiger partial charge in [-0.15, -0.1) is 21.5 Å². The van der Waals surface area contributed by atoms with Crippen molar-refractivity contribution < 1.29 is 0 Å². The first-order valence-corrected chi connectivity index (χ1v) is 10.2. The normalized spacial score (nSPS) is 10.8. The van der Waals surface area contributed by atoms with Crippen LogP contribution in [0.5, 0.6) is 0 Å². The molecular weight excluding hydrogens is 398 g/mol. The molecule has 0 atom stereocenters. The van der Waals surface area contributed by atoms with Gasteiger partial charge in [-0.25, -0.2) is 0 Å². The number of benzene rings is 1. The van der Waals surface area contributed by atoms with Gasteiger partial charge in [0.2, 0.25) is 5.13 Å². The van der Waals surface area contributed by atoms with Crippen LogP contribution in [-0.4, -0.2) is 16.7 Å². The summed E-state index contributed by atoms with van der Waals surface area (Å²) in [5.74, 6) is 0.906. The predicted octanol–water partition coefficient (Wildman–Crippen LogP) is 5.31. The molecule has 0 unspecified atom stereocenters. The molecule has 114 valence electrons. The molecule has 0 radical (unpaired) electrons. The summed E-state index contributed by atoms with van der Waals surface area (Å²) in [6.07, 6.45) is 1.03. The lowest BCUT2D eigenvalue weighted by atomic mass is 10.2. The third-order valence-electron chi connectivity index (χ3n) is 2.89. The minimum atomic E-state index is 0.894. The molecular formula is C15H14BrN3S3. The highest BCUT2D eigenvalue weighted by molar-refractivity contribution is 9.10. The Balaban J connectivity index is 1.46. The van der Waals surface area contributed by atoms with Gasteiger partial charge in [-0.2, -0.15) is 0 Å². The Morgan fingerprint density at radius 1 is 1.18 bits per heavy atom. The zero-order valence-electron chi connectivity index (χ0n) is 11.7. The van der Waals surface area contributed by atoms with Crippen LogP contribution in [0.2, 0.25) is 0 Å². The topological polar surface area (TPSA) is 37.8 Å². The Bertz CT molecular complexity index is 712. The summed E-state index contributed by atoms with van der Waals surface area (Å²) in [5.41, 5.74) is 1.28. The van der Waals surface area contributed by atoms with E-state index in [1.165, 1.54) is 10.4 Å². The summed E-state index contributed by atoms with van der Waals surface area (Å²) < 4.78 is 2.11. The van der Waals surface area contributed by atoms with Crippen molar-refractivity contribution in [2.45, 2.75) is 16.5 Å². The van der Waals surface area contributed by atoms with E-state index in [1.54, 1.807) is 34.4 Å². The van der Waals surface area contributed by atoms with E-state index in [0.29, 0.717) is 0 Å². The van der Waals surface area contributed by atoms with E-state index in [4.69, 9.17) is 0 Å². The molecule has 22 heavy (non-hydrogen) atoms. The highest BCUT2D eigenvalue weighted by atomic mass is 79.9. The number of hydrogen-bond acceptors (Lipinski definition) is 6. The molecule has 2 aromatic heterocycles. The monoisotopic (exact) mass is 411 g/mol. The molecule has 0 aliphatic heterocycles. The van der Waals surface area contributed by atoms with Gasteiger partial charge < -0.3 is 5.32 Å². The van der Waals surface area contributed by atoms with E-state index in [9.17, 15) is 0 Å². The first-order valence-electron chi connectivity index (χ1n) is 6.76. The van der Waals surface area contributed by atoms with Crippen LogP contribution in [0.15, 0.2) is 50.6 Å². The smallest absolute Gasteiger partial charge is 0.206 e. The molecule has 2 heterocycles. The third kappa shape index (κ3) is 4.81. The molecule has 0 saturated carbocycles. The number of anilines is 1. The van der Waals surface area contributed by atoms with Gasteiger partial charge in [0.25, 0.3) is 0 Å². The Morgan fingerprint density at radius 3 is 2.95 bits per heavy atom. The molecule has 0 amide bonds. The average molecular weight is 412 g/mol. The average Bonchev–Trinajstić information content (AvgIpc) is 3.17. The third-order valence-corrected chi connectivity index (χ3v) is 6.40. The summed E-state index contributed by atoms with van der Waals surface area (Å²) in [5, 5.41) is 14.8. The van der Waals surface area contributed by atoms with E-state index < -0.39 is 0 Å². The zero-order chi connectivity index (χ0) is 15.2. The van der Waals surface area contributed by atoms with Crippen molar-refractivity contribution in [2.75, 3.05) is 11.9 Å². The van der Waals surface area contributed by atoms with E-state index >= 15 is 0 Å². The molecule has 7 heteroatoms. The highest BCUT2D eigenvalue weighted by Gasteiger charge is 2.05. The van der Waals surface area contributed by atoms with Gasteiger partial charge in [0.1, 0.15) is 0 Å². The van der Waals surface area contributed by atoms with Gasteiger partial charge in [0.15, 0.2) is 4.34 Å². The van der Waals surface area contributed by atoms with Crippen molar-refractivity contribution in [1.82, 2.24) is 10.2 Å². The lowest BCUT2D eigenvalue weighted by Gasteiger charge is -2.00. The predicted molar refractivity (Wildman–Crippen MR) is 100 cm³/mol. The van der Waals surface area contributed by atoms with Crippen molar-refractivity contribution in [3.8, 4) is 0 Å². The summed E-state index contributed by atoms with van der Waals surface area (Å²) in [6.45, 7) is 0.894. The molecule has 0 spiro atoms. The standard InChI is InChI=1S/C15H14BrN3S3/c16-12-4-1-3-11(9-12)10-21-15-19-18-14(22-15)17-7-6-13-5-2-8-20-13/h1-5,8-9H,6-7,10H2,(H,17,18). The molecule has 0 saturated heterocycles. The quantitative estimate of drug-likeness (QED) is 0.534. The minimum absolute atomic E-state index is 0.894. The fraction of sp³-hybridized carbons (Fsp3) is 0.200. The number of rotatable bonds is 7. The van der Waals surface area contributed by atoms with Crippen LogP contribution in [0, 0.1) is 0 Å². The van der Waals surface area contributed by atoms with Crippen LogP contribution in [0.25, 0.3) is 0 Å². The number of aromatic nitrogens is 2. The molecule has 0 bridgehead atoms. The van der Waals surface area contributed by atoms with Gasteiger partial charge >= 0.3 is 0 Å². The summed E-state index contributed by atoms with van der Waals surface area (Å²) >= 11 is 8.62. The first-order chi connectivity index (χ1) is 10.8. The lowest BCUT2D eigenvalue weighted by molar-refractivity contribution is 0.980. The van der Waals surface area contributed by atoms with E-state index in [0.717, 1.165) is 32.7 Å². The van der Waals surface area contributed by atoms with Crippen molar-refractivity contribution in [3.63, 3.8) is 0 Å². The maximum Gasteiger partial charge on any atom is 0.206 e. The van der Waals surface area contributed by atoms with Gasteiger partial charge in [0, 0.05) is 21.6 Å². The number of nitrogens with one attached hydrogen (secondary N) is 1. The van der Waals surface area contributed by atoms with E-state index in [-0.39, 0.29) is 0 Å². The molecule has 3 rings (SSSR count). The SMILES string of the molecule is Brc1cccc(CSc2nnc(NCCc3cccs3)s2)c1. The molecule has 0 fully saturated rings. The van der Waals surface area contributed by atoms with Gasteiger partial charge in [-0.1, -0.05) is 57.2 Å².